The third kappa shape index (κ3) is 5.36. The quantitative estimate of drug-likeness (QED) is 0.630. The number of hydrogen-bond donors (Lipinski definition) is 0. The summed E-state index contributed by atoms with van der Waals surface area (Å²) in [6.07, 6.45) is 2.65. The number of aryl methyl sites for hydroxylation is 3. The third-order valence-corrected chi connectivity index (χ3v) is 8.25. The molecular formula is C25H34N2O3S. The van der Waals surface area contributed by atoms with Gasteiger partial charge >= 0.3 is 0 Å². The summed E-state index contributed by atoms with van der Waals surface area (Å²) in [5, 5.41) is 0. The fourth-order valence-electron chi connectivity index (χ4n) is 4.66. The van der Waals surface area contributed by atoms with Crippen molar-refractivity contribution >= 4 is 15.9 Å². The molecule has 1 fully saturated rings. The Morgan fingerprint density at radius 2 is 1.61 bits per heavy atom. The number of nitrogens with zero attached hydrogens (tertiary/aromatic N) is 2. The van der Waals surface area contributed by atoms with Gasteiger partial charge in [0.25, 0.3) is 0 Å². The van der Waals surface area contributed by atoms with Crippen molar-refractivity contribution < 1.29 is 13.2 Å². The van der Waals surface area contributed by atoms with Crippen LogP contribution in [-0.2, 0) is 21.4 Å². The Bertz CT molecular complexity index is 987. The van der Waals surface area contributed by atoms with Crippen molar-refractivity contribution in [1.29, 1.82) is 0 Å². The highest BCUT2D eigenvalue weighted by Crippen LogP contribution is 2.29. The number of benzene rings is 2. The monoisotopic (exact) mass is 442 g/mol. The van der Waals surface area contributed by atoms with E-state index in [1.165, 1.54) is 0 Å². The van der Waals surface area contributed by atoms with Gasteiger partial charge in [0.2, 0.25) is 15.9 Å². The highest BCUT2D eigenvalue weighted by molar-refractivity contribution is 7.89. The van der Waals surface area contributed by atoms with Gasteiger partial charge in [0, 0.05) is 32.1 Å². The topological polar surface area (TPSA) is 57.7 Å². The smallest absolute Gasteiger partial charge is 0.243 e. The van der Waals surface area contributed by atoms with Gasteiger partial charge < -0.3 is 4.90 Å². The van der Waals surface area contributed by atoms with Gasteiger partial charge in [-0.1, -0.05) is 55.0 Å². The number of carbonyl (C=O) groups is 1. The maximum atomic E-state index is 13.4. The SMILES string of the molecule is CCCC(=O)N(Cc1ccccc1)C1CCN(S(=O)(=O)c2c(C)cc(C)cc2C)CC1. The number of carbonyl (C=O) groups excluding carboxylic acids is 1. The first-order valence-electron chi connectivity index (χ1n) is 11.2. The lowest BCUT2D eigenvalue weighted by Crippen LogP contribution is -2.48. The summed E-state index contributed by atoms with van der Waals surface area (Å²) >= 11 is 0. The van der Waals surface area contributed by atoms with Gasteiger partial charge in [0.15, 0.2) is 0 Å². The molecule has 5 nitrogen and oxygen atoms in total. The molecular weight excluding hydrogens is 408 g/mol. The first kappa shape index (κ1) is 23.5. The molecule has 31 heavy (non-hydrogen) atoms. The zero-order valence-corrected chi connectivity index (χ0v) is 19.9. The molecule has 0 N–H and O–H groups in total. The maximum Gasteiger partial charge on any atom is 0.243 e. The molecule has 0 saturated carbocycles. The molecule has 0 atom stereocenters. The van der Waals surface area contributed by atoms with Crippen LogP contribution in [0.1, 0.15) is 54.9 Å². The van der Waals surface area contributed by atoms with E-state index in [1.54, 1.807) is 4.31 Å². The van der Waals surface area contributed by atoms with Gasteiger partial charge in [0.05, 0.1) is 4.90 Å². The first-order valence-corrected chi connectivity index (χ1v) is 12.6. The predicted molar refractivity (Wildman–Crippen MR) is 124 cm³/mol. The molecule has 3 rings (SSSR count). The van der Waals surface area contributed by atoms with Crippen LogP contribution in [0.5, 0.6) is 0 Å². The van der Waals surface area contributed by atoms with Crippen LogP contribution >= 0.6 is 0 Å². The number of sulfonamides is 1. The zero-order valence-electron chi connectivity index (χ0n) is 19.1. The van der Waals surface area contributed by atoms with Gasteiger partial charge in [0.1, 0.15) is 0 Å². The lowest BCUT2D eigenvalue weighted by molar-refractivity contribution is -0.135. The average molecular weight is 443 g/mol. The van der Waals surface area contributed by atoms with E-state index in [0.29, 0.717) is 43.8 Å². The summed E-state index contributed by atoms with van der Waals surface area (Å²) in [6.45, 7) is 9.17. The van der Waals surface area contributed by atoms with Crippen LogP contribution in [0.2, 0.25) is 0 Å². The van der Waals surface area contributed by atoms with E-state index in [9.17, 15) is 13.2 Å². The van der Waals surface area contributed by atoms with Crippen LogP contribution in [0.15, 0.2) is 47.4 Å². The third-order valence-electron chi connectivity index (χ3n) is 6.05. The van der Waals surface area contributed by atoms with Crippen LogP contribution in [0, 0.1) is 20.8 Å². The Hall–Kier alpha value is -2.18. The minimum Gasteiger partial charge on any atom is -0.335 e. The molecule has 1 amide bonds. The van der Waals surface area contributed by atoms with Gasteiger partial charge in [-0.3, -0.25) is 4.79 Å². The van der Waals surface area contributed by atoms with Crippen molar-refractivity contribution in [2.24, 2.45) is 0 Å². The molecule has 1 saturated heterocycles. The van der Waals surface area contributed by atoms with Crippen molar-refractivity contribution in [1.82, 2.24) is 9.21 Å². The Balaban J connectivity index is 1.76. The highest BCUT2D eigenvalue weighted by Gasteiger charge is 2.34. The highest BCUT2D eigenvalue weighted by atomic mass is 32.2. The van der Waals surface area contributed by atoms with Gasteiger partial charge in [-0.25, -0.2) is 8.42 Å². The lowest BCUT2D eigenvalue weighted by Gasteiger charge is -2.38. The Morgan fingerprint density at radius 3 is 2.16 bits per heavy atom. The summed E-state index contributed by atoms with van der Waals surface area (Å²) in [6, 6.07) is 13.9. The molecule has 6 heteroatoms. The standard InChI is InChI=1S/C25H34N2O3S/c1-5-9-24(28)27(18-22-10-7-6-8-11-22)23-12-14-26(15-13-23)31(29,30)25-20(3)16-19(2)17-21(25)4/h6-8,10-11,16-17,23H,5,9,12-15,18H2,1-4H3. The number of hydrogen-bond acceptors (Lipinski definition) is 3. The molecule has 0 aliphatic carbocycles. The fourth-order valence-corrected chi connectivity index (χ4v) is 6.54. The second kappa shape index (κ2) is 9.96. The Labute approximate surface area is 187 Å². The van der Waals surface area contributed by atoms with Crippen molar-refractivity contribution in [3.05, 3.63) is 64.7 Å². The van der Waals surface area contributed by atoms with E-state index in [0.717, 1.165) is 28.7 Å². The van der Waals surface area contributed by atoms with Gasteiger partial charge in [-0.05, 0) is 56.7 Å². The van der Waals surface area contributed by atoms with Crippen LogP contribution < -0.4 is 0 Å². The van der Waals surface area contributed by atoms with Crippen molar-refractivity contribution in [3.63, 3.8) is 0 Å². The van der Waals surface area contributed by atoms with Gasteiger partial charge in [-0.15, -0.1) is 0 Å². The zero-order chi connectivity index (χ0) is 22.6. The summed E-state index contributed by atoms with van der Waals surface area (Å²) < 4.78 is 28.4. The molecule has 1 aliphatic rings. The Kier molecular flexibility index (Phi) is 7.55. The summed E-state index contributed by atoms with van der Waals surface area (Å²) in [5.74, 6) is 0.151. The van der Waals surface area contributed by atoms with E-state index in [-0.39, 0.29) is 11.9 Å². The largest absolute Gasteiger partial charge is 0.335 e. The molecule has 0 bridgehead atoms. The van der Waals surface area contributed by atoms with E-state index in [4.69, 9.17) is 0 Å². The number of amides is 1. The van der Waals surface area contributed by atoms with Crippen molar-refractivity contribution in [2.45, 2.75) is 70.9 Å². The lowest BCUT2D eigenvalue weighted by atomic mass is 10.0. The second-order valence-corrected chi connectivity index (χ2v) is 10.5. The molecule has 0 radical (unpaired) electrons. The van der Waals surface area contributed by atoms with E-state index >= 15 is 0 Å². The Morgan fingerprint density at radius 1 is 1.03 bits per heavy atom. The van der Waals surface area contributed by atoms with Crippen LogP contribution in [-0.4, -0.2) is 42.7 Å². The normalized spacial score (nSPS) is 15.7. The minimum absolute atomic E-state index is 0.0610. The summed E-state index contributed by atoms with van der Waals surface area (Å²) in [4.78, 5) is 15.3. The fraction of sp³-hybridized carbons (Fsp3) is 0.480. The molecule has 1 heterocycles. The van der Waals surface area contributed by atoms with E-state index < -0.39 is 10.0 Å². The van der Waals surface area contributed by atoms with Crippen LogP contribution in [0.3, 0.4) is 0 Å². The molecule has 0 spiro atoms. The summed E-state index contributed by atoms with van der Waals surface area (Å²) in [7, 11) is -3.55. The molecule has 168 valence electrons. The van der Waals surface area contributed by atoms with E-state index in [1.807, 2.05) is 75.1 Å². The van der Waals surface area contributed by atoms with Crippen molar-refractivity contribution in [2.75, 3.05) is 13.1 Å². The molecule has 2 aromatic rings. The second-order valence-electron chi connectivity index (χ2n) is 8.62. The number of rotatable bonds is 7. The van der Waals surface area contributed by atoms with Crippen LogP contribution in [0.25, 0.3) is 0 Å². The van der Waals surface area contributed by atoms with E-state index in [2.05, 4.69) is 0 Å². The molecule has 1 aliphatic heterocycles. The minimum atomic E-state index is -3.55. The maximum absolute atomic E-state index is 13.4. The predicted octanol–water partition coefficient (Wildman–Crippen LogP) is 4.59. The number of piperidine rings is 1. The average Bonchev–Trinajstić information content (AvgIpc) is 2.72. The summed E-state index contributed by atoms with van der Waals surface area (Å²) in [5.41, 5.74) is 3.76. The molecule has 2 aromatic carbocycles. The molecule has 0 aromatic heterocycles. The van der Waals surface area contributed by atoms with Crippen molar-refractivity contribution in [3.8, 4) is 0 Å². The first-order chi connectivity index (χ1) is 14.7. The van der Waals surface area contributed by atoms with Gasteiger partial charge in [-0.2, -0.15) is 4.31 Å². The van der Waals surface area contributed by atoms with Crippen LogP contribution in [0.4, 0.5) is 0 Å². The molecule has 0 unspecified atom stereocenters.